The van der Waals surface area contributed by atoms with Crippen molar-refractivity contribution in [3.63, 3.8) is 0 Å². The van der Waals surface area contributed by atoms with Crippen LogP contribution < -0.4 is 11.5 Å². The lowest BCUT2D eigenvalue weighted by molar-refractivity contribution is 0.0995. The van der Waals surface area contributed by atoms with Crippen molar-refractivity contribution in [1.82, 2.24) is 15.0 Å². The van der Waals surface area contributed by atoms with Gasteiger partial charge in [0.1, 0.15) is 11.5 Å². The van der Waals surface area contributed by atoms with E-state index in [0.29, 0.717) is 16.7 Å². The van der Waals surface area contributed by atoms with E-state index in [1.165, 1.54) is 18.0 Å². The number of nitrogen functional groups attached to an aromatic ring is 1. The lowest BCUT2D eigenvalue weighted by Gasteiger charge is -2.05. The lowest BCUT2D eigenvalue weighted by atomic mass is 10.1. The average Bonchev–Trinajstić information content (AvgIpc) is 2.38. The van der Waals surface area contributed by atoms with E-state index in [1.54, 1.807) is 18.2 Å². The Kier molecular flexibility index (Phi) is 3.42. The first kappa shape index (κ1) is 12.3. The SMILES string of the molecule is CSc1nc(N)cc(-c2ccnc(C(N)=O)c2)n1. The van der Waals surface area contributed by atoms with Crippen molar-refractivity contribution in [2.45, 2.75) is 5.16 Å². The maximum absolute atomic E-state index is 11.1. The molecule has 7 heteroatoms. The van der Waals surface area contributed by atoms with Crippen molar-refractivity contribution in [2.75, 3.05) is 12.0 Å². The molecule has 18 heavy (non-hydrogen) atoms. The van der Waals surface area contributed by atoms with Gasteiger partial charge in [0.05, 0.1) is 5.69 Å². The van der Waals surface area contributed by atoms with Crippen LogP contribution in [-0.2, 0) is 0 Å². The summed E-state index contributed by atoms with van der Waals surface area (Å²) in [6.45, 7) is 0. The fourth-order valence-electron chi connectivity index (χ4n) is 1.41. The summed E-state index contributed by atoms with van der Waals surface area (Å²) >= 11 is 1.39. The molecule has 0 saturated heterocycles. The van der Waals surface area contributed by atoms with E-state index in [4.69, 9.17) is 11.5 Å². The van der Waals surface area contributed by atoms with Gasteiger partial charge in [0.15, 0.2) is 5.16 Å². The van der Waals surface area contributed by atoms with E-state index in [1.807, 2.05) is 6.26 Å². The Labute approximate surface area is 108 Å². The fourth-order valence-corrected chi connectivity index (χ4v) is 1.79. The van der Waals surface area contributed by atoms with Gasteiger partial charge in [0.25, 0.3) is 5.91 Å². The molecule has 6 nitrogen and oxygen atoms in total. The summed E-state index contributed by atoms with van der Waals surface area (Å²) in [7, 11) is 0. The molecule has 2 rings (SSSR count). The molecular formula is C11H11N5OS. The van der Waals surface area contributed by atoms with E-state index in [2.05, 4.69) is 15.0 Å². The number of amides is 1. The van der Waals surface area contributed by atoms with Crippen LogP contribution in [0.4, 0.5) is 5.82 Å². The Morgan fingerprint density at radius 2 is 2.11 bits per heavy atom. The Morgan fingerprint density at radius 1 is 1.33 bits per heavy atom. The molecule has 2 heterocycles. The number of hydrogen-bond acceptors (Lipinski definition) is 6. The summed E-state index contributed by atoms with van der Waals surface area (Å²) in [4.78, 5) is 23.3. The highest BCUT2D eigenvalue weighted by Crippen LogP contribution is 2.21. The zero-order chi connectivity index (χ0) is 13.1. The number of rotatable bonds is 3. The summed E-state index contributed by atoms with van der Waals surface area (Å²) in [5, 5.41) is 0.572. The predicted molar refractivity (Wildman–Crippen MR) is 70.0 cm³/mol. The standard InChI is InChI=1S/C11H11N5OS/c1-18-11-15-7(5-9(12)16-11)6-2-3-14-8(4-6)10(13)17/h2-5H,1H3,(H2,13,17)(H2,12,15,16). The molecule has 0 aromatic carbocycles. The van der Waals surface area contributed by atoms with Gasteiger partial charge < -0.3 is 11.5 Å². The summed E-state index contributed by atoms with van der Waals surface area (Å²) in [5.41, 5.74) is 12.4. The van der Waals surface area contributed by atoms with Gasteiger partial charge in [-0.15, -0.1) is 0 Å². The third kappa shape index (κ3) is 2.57. The van der Waals surface area contributed by atoms with Crippen LogP contribution >= 0.6 is 11.8 Å². The Hall–Kier alpha value is -2.15. The van der Waals surface area contributed by atoms with E-state index < -0.39 is 5.91 Å². The highest BCUT2D eigenvalue weighted by Gasteiger charge is 2.08. The molecule has 0 atom stereocenters. The maximum Gasteiger partial charge on any atom is 0.267 e. The first-order valence-corrected chi connectivity index (χ1v) is 6.27. The number of aromatic nitrogens is 3. The molecule has 0 radical (unpaired) electrons. The zero-order valence-corrected chi connectivity index (χ0v) is 10.4. The Morgan fingerprint density at radius 3 is 2.78 bits per heavy atom. The van der Waals surface area contributed by atoms with E-state index in [9.17, 15) is 4.79 Å². The molecule has 92 valence electrons. The maximum atomic E-state index is 11.1. The largest absolute Gasteiger partial charge is 0.384 e. The molecule has 2 aromatic heterocycles. The van der Waals surface area contributed by atoms with Crippen molar-refractivity contribution in [1.29, 1.82) is 0 Å². The normalized spacial score (nSPS) is 10.3. The molecular weight excluding hydrogens is 250 g/mol. The Balaban J connectivity index is 2.51. The highest BCUT2D eigenvalue weighted by atomic mass is 32.2. The minimum atomic E-state index is -0.580. The molecule has 0 aliphatic carbocycles. The van der Waals surface area contributed by atoms with Crippen molar-refractivity contribution < 1.29 is 4.79 Å². The van der Waals surface area contributed by atoms with Crippen molar-refractivity contribution in [3.05, 3.63) is 30.1 Å². The number of thioether (sulfide) groups is 1. The topological polar surface area (TPSA) is 108 Å². The van der Waals surface area contributed by atoms with Crippen LogP contribution in [0.25, 0.3) is 11.3 Å². The first-order valence-electron chi connectivity index (χ1n) is 5.05. The number of nitrogens with two attached hydrogens (primary N) is 2. The molecule has 0 spiro atoms. The van der Waals surface area contributed by atoms with Gasteiger partial charge in [-0.25, -0.2) is 9.97 Å². The number of primary amides is 1. The molecule has 1 amide bonds. The number of carbonyl (C=O) groups excluding carboxylic acids is 1. The predicted octanol–water partition coefficient (Wildman–Crippen LogP) is 0.942. The fraction of sp³-hybridized carbons (Fsp3) is 0.0909. The van der Waals surface area contributed by atoms with Crippen LogP contribution in [0.2, 0.25) is 0 Å². The first-order chi connectivity index (χ1) is 8.60. The minimum Gasteiger partial charge on any atom is -0.384 e. The number of anilines is 1. The van der Waals surface area contributed by atoms with Gasteiger partial charge in [-0.2, -0.15) is 0 Å². The molecule has 0 aliphatic rings. The number of hydrogen-bond donors (Lipinski definition) is 2. The lowest BCUT2D eigenvalue weighted by Crippen LogP contribution is -2.12. The second-order valence-electron chi connectivity index (χ2n) is 3.46. The van der Waals surface area contributed by atoms with Crippen LogP contribution in [0.1, 0.15) is 10.5 Å². The number of pyridine rings is 1. The van der Waals surface area contributed by atoms with Gasteiger partial charge in [-0.05, 0) is 18.4 Å². The monoisotopic (exact) mass is 261 g/mol. The molecule has 2 aromatic rings. The van der Waals surface area contributed by atoms with Crippen LogP contribution in [0.15, 0.2) is 29.6 Å². The number of nitrogens with zero attached hydrogens (tertiary/aromatic N) is 3. The van der Waals surface area contributed by atoms with Gasteiger partial charge in [-0.3, -0.25) is 9.78 Å². The summed E-state index contributed by atoms with van der Waals surface area (Å²) in [6.07, 6.45) is 3.37. The molecule has 0 saturated carbocycles. The minimum absolute atomic E-state index is 0.190. The molecule has 0 bridgehead atoms. The second kappa shape index (κ2) is 5.01. The summed E-state index contributed by atoms with van der Waals surface area (Å²) in [6, 6.07) is 4.95. The van der Waals surface area contributed by atoms with Crippen molar-refractivity contribution in [3.8, 4) is 11.3 Å². The van der Waals surface area contributed by atoms with E-state index in [-0.39, 0.29) is 5.69 Å². The van der Waals surface area contributed by atoms with Crippen LogP contribution in [0.3, 0.4) is 0 Å². The molecule has 4 N–H and O–H groups in total. The van der Waals surface area contributed by atoms with Crippen LogP contribution in [0.5, 0.6) is 0 Å². The smallest absolute Gasteiger partial charge is 0.267 e. The molecule has 0 fully saturated rings. The van der Waals surface area contributed by atoms with E-state index in [0.717, 1.165) is 5.56 Å². The van der Waals surface area contributed by atoms with Gasteiger partial charge in [0.2, 0.25) is 0 Å². The van der Waals surface area contributed by atoms with Crippen LogP contribution in [0, 0.1) is 0 Å². The van der Waals surface area contributed by atoms with E-state index >= 15 is 0 Å². The quantitative estimate of drug-likeness (QED) is 0.629. The Bertz CT molecular complexity index is 602. The summed E-state index contributed by atoms with van der Waals surface area (Å²) < 4.78 is 0. The van der Waals surface area contributed by atoms with Crippen molar-refractivity contribution in [2.24, 2.45) is 5.73 Å². The third-order valence-electron chi connectivity index (χ3n) is 2.22. The zero-order valence-electron chi connectivity index (χ0n) is 9.62. The highest BCUT2D eigenvalue weighted by molar-refractivity contribution is 7.98. The average molecular weight is 261 g/mol. The van der Waals surface area contributed by atoms with Gasteiger partial charge in [0, 0.05) is 17.8 Å². The number of carbonyl (C=O) groups is 1. The van der Waals surface area contributed by atoms with Gasteiger partial charge >= 0.3 is 0 Å². The van der Waals surface area contributed by atoms with Gasteiger partial charge in [-0.1, -0.05) is 11.8 Å². The third-order valence-corrected chi connectivity index (χ3v) is 2.76. The molecule has 0 unspecified atom stereocenters. The summed E-state index contributed by atoms with van der Waals surface area (Å²) in [5.74, 6) is -0.203. The van der Waals surface area contributed by atoms with Crippen molar-refractivity contribution >= 4 is 23.5 Å². The van der Waals surface area contributed by atoms with Crippen LogP contribution in [-0.4, -0.2) is 27.1 Å². The molecule has 0 aliphatic heterocycles. The second-order valence-corrected chi connectivity index (χ2v) is 4.23.